The molecule has 0 bridgehead atoms. The number of allylic oxidation sites excluding steroid dienone is 2. The summed E-state index contributed by atoms with van der Waals surface area (Å²) >= 11 is 0. The third-order valence-corrected chi connectivity index (χ3v) is 14.4. The predicted octanol–water partition coefficient (Wildman–Crippen LogP) is 19.2. The minimum absolute atomic E-state index is 0.448. The van der Waals surface area contributed by atoms with Crippen LogP contribution in [0.4, 0.5) is 0 Å². The Morgan fingerprint density at radius 1 is 0.607 bits per heavy atom. The fourth-order valence-corrected chi connectivity index (χ4v) is 10.2. The van der Waals surface area contributed by atoms with E-state index in [2.05, 4.69) is 72.6 Å². The van der Waals surface area contributed by atoms with Gasteiger partial charge in [-0.05, 0) is 119 Å². The molecule has 0 aromatic rings. The molecule has 0 radical (unpaired) electrons. The molecule has 0 amide bonds. The number of unbranched alkanes of at least 4 members (excludes halogenated alkanes) is 15. The minimum Gasteiger partial charge on any atom is -0.303 e. The average Bonchev–Trinajstić information content (AvgIpc) is 3.37. The number of rotatable bonds is 35. The van der Waals surface area contributed by atoms with Gasteiger partial charge >= 0.3 is 0 Å². The van der Waals surface area contributed by atoms with Crippen molar-refractivity contribution in [3.05, 3.63) is 24.8 Å². The van der Waals surface area contributed by atoms with E-state index in [1.807, 2.05) is 13.8 Å². The van der Waals surface area contributed by atoms with Gasteiger partial charge < -0.3 is 4.90 Å². The number of nitrogens with zero attached hydrogens (tertiary/aromatic N) is 1. The van der Waals surface area contributed by atoms with Crippen LogP contribution in [0.2, 0.25) is 0 Å². The van der Waals surface area contributed by atoms with Crippen LogP contribution >= 0.6 is 0 Å². The Morgan fingerprint density at radius 2 is 1.05 bits per heavy atom. The van der Waals surface area contributed by atoms with Gasteiger partial charge in [-0.15, -0.1) is 6.58 Å². The van der Waals surface area contributed by atoms with E-state index in [0.29, 0.717) is 5.41 Å². The lowest BCUT2D eigenvalue weighted by Crippen LogP contribution is -2.44. The first-order valence-corrected chi connectivity index (χ1v) is 26.2. The minimum atomic E-state index is 0.448. The first-order valence-electron chi connectivity index (χ1n) is 26.2. The van der Waals surface area contributed by atoms with Gasteiger partial charge in [0, 0.05) is 0 Å². The Bertz CT molecular complexity index is 830. The molecule has 4 atom stereocenters. The predicted molar refractivity (Wildman–Crippen MR) is 259 cm³/mol. The van der Waals surface area contributed by atoms with Gasteiger partial charge in [0.2, 0.25) is 0 Å². The highest BCUT2D eigenvalue weighted by Gasteiger charge is 2.46. The van der Waals surface area contributed by atoms with E-state index < -0.39 is 0 Å². The molecule has 1 heteroatoms. The van der Waals surface area contributed by atoms with Gasteiger partial charge in [0.1, 0.15) is 0 Å². The van der Waals surface area contributed by atoms with E-state index in [9.17, 15) is 0 Å². The van der Waals surface area contributed by atoms with Crippen molar-refractivity contribution in [2.75, 3.05) is 19.6 Å². The van der Waals surface area contributed by atoms with Crippen molar-refractivity contribution in [2.24, 2.45) is 35.0 Å². The second-order valence-corrected chi connectivity index (χ2v) is 19.6. The summed E-state index contributed by atoms with van der Waals surface area (Å²) in [5.41, 5.74) is 1.98. The van der Waals surface area contributed by atoms with Gasteiger partial charge in [-0.2, -0.15) is 0 Å². The maximum atomic E-state index is 4.44. The highest BCUT2D eigenvalue weighted by atomic mass is 15.1. The maximum Gasteiger partial charge on any atom is -0.00187 e. The lowest BCUT2D eigenvalue weighted by molar-refractivity contribution is -0.0205. The van der Waals surface area contributed by atoms with Gasteiger partial charge in [-0.1, -0.05) is 228 Å². The Kier molecular flexibility index (Phi) is 38.2. The van der Waals surface area contributed by atoms with Crippen molar-refractivity contribution in [3.8, 4) is 0 Å². The monoisotopic (exact) mass is 784 g/mol. The van der Waals surface area contributed by atoms with Gasteiger partial charge in [0.15, 0.2) is 0 Å². The van der Waals surface area contributed by atoms with Crippen molar-refractivity contribution in [3.63, 3.8) is 0 Å². The zero-order chi connectivity index (χ0) is 41.7. The summed E-state index contributed by atoms with van der Waals surface area (Å²) in [6.45, 7) is 33.0. The third kappa shape index (κ3) is 28.0. The molecule has 2 aliphatic carbocycles. The van der Waals surface area contributed by atoms with Crippen LogP contribution in [0.5, 0.6) is 0 Å². The molecule has 2 saturated carbocycles. The number of hydrogen-bond donors (Lipinski definition) is 0. The van der Waals surface area contributed by atoms with Crippen molar-refractivity contribution < 1.29 is 0 Å². The van der Waals surface area contributed by atoms with Crippen LogP contribution in [-0.4, -0.2) is 24.5 Å². The van der Waals surface area contributed by atoms with E-state index >= 15 is 0 Å². The fourth-order valence-electron chi connectivity index (χ4n) is 10.2. The van der Waals surface area contributed by atoms with Crippen LogP contribution in [-0.2, 0) is 0 Å². The van der Waals surface area contributed by atoms with Crippen molar-refractivity contribution in [2.45, 2.75) is 274 Å². The summed E-state index contributed by atoms with van der Waals surface area (Å²) < 4.78 is 0. The van der Waals surface area contributed by atoms with E-state index in [1.54, 1.807) is 0 Å². The van der Waals surface area contributed by atoms with Gasteiger partial charge in [-0.25, -0.2) is 0 Å². The van der Waals surface area contributed by atoms with Crippen LogP contribution in [0.15, 0.2) is 24.8 Å². The Labute approximate surface area is 357 Å². The van der Waals surface area contributed by atoms with Crippen molar-refractivity contribution in [1.29, 1.82) is 0 Å². The quantitative estimate of drug-likeness (QED) is 0.0457. The largest absolute Gasteiger partial charge is 0.303 e. The van der Waals surface area contributed by atoms with E-state index in [4.69, 9.17) is 0 Å². The van der Waals surface area contributed by atoms with Crippen LogP contribution < -0.4 is 0 Å². The lowest BCUT2D eigenvalue weighted by atomic mass is 9.54. The fraction of sp³-hybridized carbons (Fsp3) is 0.927. The standard InChI is InChI=1S/C36H73N.C17H30.C2H6/c1-6-10-14-15-18-24-33-37(32-23-13-9-4)34-25-19-16-17-22-27-35(5)28-26-31-36(29-20-11-7-2)30-21-12-8-3;1-5-11-17(3,4)13(2)16-12-14-9-7-6-8-10-15(14)16;1-2/h36H,5-34H2,1-4H3;5,13-16H,1,6-12H2,2-4H3;1-2H3. The molecule has 1 nitrogen and oxygen atoms in total. The molecule has 56 heavy (non-hydrogen) atoms. The van der Waals surface area contributed by atoms with Gasteiger partial charge in [0.05, 0.1) is 0 Å². The molecule has 4 unspecified atom stereocenters. The summed E-state index contributed by atoms with van der Waals surface area (Å²) in [7, 11) is 0. The van der Waals surface area contributed by atoms with Crippen LogP contribution in [0, 0.1) is 35.0 Å². The second kappa shape index (κ2) is 38.6. The molecule has 334 valence electrons. The maximum absolute atomic E-state index is 4.44. The van der Waals surface area contributed by atoms with Crippen molar-refractivity contribution >= 4 is 0 Å². The molecular weight excluding hydrogens is 675 g/mol. The molecule has 0 saturated heterocycles. The zero-order valence-corrected chi connectivity index (χ0v) is 40.8. The lowest BCUT2D eigenvalue weighted by Gasteiger charge is -2.51. The first kappa shape index (κ1) is 55.4. The second-order valence-electron chi connectivity index (χ2n) is 19.6. The Morgan fingerprint density at radius 3 is 1.62 bits per heavy atom. The van der Waals surface area contributed by atoms with Crippen LogP contribution in [0.1, 0.15) is 274 Å². The van der Waals surface area contributed by atoms with Crippen LogP contribution in [0.25, 0.3) is 0 Å². The van der Waals surface area contributed by atoms with Gasteiger partial charge in [-0.3, -0.25) is 0 Å². The SMILES string of the molecule is C=C(CCCCCCCN(CCCCC)CCCCCCCC)CCCC(CCCCC)CCCCC.C=CCC(C)(C)C(C)C1CC2CCCCCC21.CC. The Hall–Kier alpha value is -0.560. The summed E-state index contributed by atoms with van der Waals surface area (Å²) in [6.07, 6.45) is 48.8. The smallest absolute Gasteiger partial charge is 0.00187 e. The topological polar surface area (TPSA) is 3.24 Å². The molecule has 2 rings (SSSR count). The van der Waals surface area contributed by atoms with Gasteiger partial charge in [0.25, 0.3) is 0 Å². The summed E-state index contributed by atoms with van der Waals surface area (Å²) in [4.78, 5) is 2.79. The molecule has 0 aromatic carbocycles. The zero-order valence-electron chi connectivity index (χ0n) is 40.8. The summed E-state index contributed by atoms with van der Waals surface area (Å²) in [6, 6.07) is 0. The summed E-state index contributed by atoms with van der Waals surface area (Å²) in [5.74, 6) is 5.00. The molecule has 0 N–H and O–H groups in total. The molecule has 0 heterocycles. The molecule has 2 aliphatic rings. The van der Waals surface area contributed by atoms with Crippen molar-refractivity contribution in [1.82, 2.24) is 4.90 Å². The Balaban J connectivity index is 0.00000131. The first-order chi connectivity index (χ1) is 27.2. The highest BCUT2D eigenvalue weighted by Crippen LogP contribution is 2.55. The van der Waals surface area contributed by atoms with E-state index in [-0.39, 0.29) is 0 Å². The molecule has 0 spiro atoms. The molecule has 0 aliphatic heterocycles. The molecule has 0 aromatic heterocycles. The van der Waals surface area contributed by atoms with Crippen LogP contribution in [0.3, 0.4) is 0 Å². The van der Waals surface area contributed by atoms with E-state index in [0.717, 1.165) is 29.6 Å². The average molecular weight is 784 g/mol. The van der Waals surface area contributed by atoms with E-state index in [1.165, 1.54) is 237 Å². The normalized spacial score (nSPS) is 18.6. The summed E-state index contributed by atoms with van der Waals surface area (Å²) in [5, 5.41) is 0. The third-order valence-electron chi connectivity index (χ3n) is 14.4. The number of hydrogen-bond acceptors (Lipinski definition) is 1. The molecule has 2 fully saturated rings. The highest BCUT2D eigenvalue weighted by molar-refractivity contribution is 4.97. The number of fused-ring (bicyclic) bond motifs is 1. The molecular formula is C55H109N.